The van der Waals surface area contributed by atoms with Gasteiger partial charge in [0.25, 0.3) is 5.91 Å². The minimum absolute atomic E-state index is 0.0247. The van der Waals surface area contributed by atoms with E-state index in [2.05, 4.69) is 0 Å². The number of phenols is 1. The molecule has 5 rings (SSSR count). The highest BCUT2D eigenvalue weighted by Gasteiger charge is 2.68. The zero-order valence-corrected chi connectivity index (χ0v) is 25.6. The molecular weight excluding hydrogens is 615 g/mol. The smallest absolute Gasteiger partial charge is 0.391 e. The standard InChI is InChI=1S/C31H36F3N3O9/c1-12-16-6-5-14(11-37-9-7-15(8-10-37)31(32,33)34)23(39)18(16)24(40)19-17(12)26(46-13(2)38)21-22(36(3)4)25(41)20(29(35)44)28(43)30(21,45)27(19)42/h5-6,12,15,17,21-22,26,39,41-42,45H,7-11H2,1-4H3,(H2,35,44)/t12-,17+,21+,22-,26-,30-/m0/s1. The Hall–Kier alpha value is -3.95. The van der Waals surface area contributed by atoms with Crippen molar-refractivity contribution < 1.29 is 57.5 Å². The number of esters is 1. The number of phenolic OH excluding ortho intramolecular Hbond substituents is 1. The molecule has 1 heterocycles. The summed E-state index contributed by atoms with van der Waals surface area (Å²) in [5.41, 5.74) is 1.09. The SMILES string of the molecule is CC(=O)O[C@H]1[C@H]2C(=C(O)[C@]3(O)C(=O)C(C(N)=O)=C(O)[C@@H](N(C)C)[C@H]13)C(=O)c1c(ccc(CN3CCC(C(F)(F)F)CC3)c1O)[C@@H]2C. The molecule has 0 spiro atoms. The lowest BCUT2D eigenvalue weighted by Gasteiger charge is -2.54. The number of ether oxygens (including phenoxy) is 1. The fourth-order valence-corrected chi connectivity index (χ4v) is 7.76. The van der Waals surface area contributed by atoms with E-state index < -0.39 is 99.5 Å². The molecule has 1 aliphatic heterocycles. The van der Waals surface area contributed by atoms with Crippen molar-refractivity contribution in [3.63, 3.8) is 0 Å². The van der Waals surface area contributed by atoms with Crippen molar-refractivity contribution in [2.45, 2.75) is 63.1 Å². The first-order chi connectivity index (χ1) is 21.3. The summed E-state index contributed by atoms with van der Waals surface area (Å²) in [6, 6.07) is 1.72. The average Bonchev–Trinajstić information content (AvgIpc) is 2.95. The molecule has 6 N–H and O–H groups in total. The number of Topliss-reactive ketones (excluding diaryl/α,β-unsaturated/α-hetero) is 2. The summed E-state index contributed by atoms with van der Waals surface area (Å²) in [6.45, 7) is 2.93. The second-order valence-electron chi connectivity index (χ2n) is 12.8. The average molecular weight is 652 g/mol. The van der Waals surface area contributed by atoms with Crippen molar-refractivity contribution in [2.75, 3.05) is 27.2 Å². The molecule has 46 heavy (non-hydrogen) atoms. The lowest BCUT2D eigenvalue weighted by molar-refractivity contribution is -0.185. The number of aliphatic hydroxyl groups is 3. The Morgan fingerprint density at radius 2 is 1.74 bits per heavy atom. The molecule has 1 aromatic rings. The Labute approximate surface area is 261 Å². The van der Waals surface area contributed by atoms with Crippen LogP contribution in [0.25, 0.3) is 0 Å². The number of primary amides is 1. The first kappa shape index (κ1) is 33.4. The highest BCUT2D eigenvalue weighted by atomic mass is 19.4. The topological polar surface area (TPSA) is 191 Å². The van der Waals surface area contributed by atoms with Crippen LogP contribution in [0.4, 0.5) is 13.2 Å². The van der Waals surface area contributed by atoms with Gasteiger partial charge in [-0.25, -0.2) is 0 Å². The molecule has 1 aromatic carbocycles. The Bertz CT molecular complexity index is 1580. The number of fused-ring (bicyclic) bond motifs is 3. The molecular formula is C31H36F3N3O9. The summed E-state index contributed by atoms with van der Waals surface area (Å²) >= 11 is 0. The summed E-state index contributed by atoms with van der Waals surface area (Å²) in [5, 5.41) is 46.2. The molecule has 1 fully saturated rings. The van der Waals surface area contributed by atoms with E-state index in [0.717, 1.165) is 6.92 Å². The number of benzene rings is 1. The van der Waals surface area contributed by atoms with E-state index in [1.165, 1.54) is 19.0 Å². The first-order valence-electron chi connectivity index (χ1n) is 14.8. The number of amides is 1. The van der Waals surface area contributed by atoms with Gasteiger partial charge in [-0.15, -0.1) is 0 Å². The number of alkyl halides is 3. The molecule has 1 amide bonds. The van der Waals surface area contributed by atoms with Gasteiger partial charge < -0.3 is 30.9 Å². The maximum Gasteiger partial charge on any atom is 0.391 e. The number of rotatable bonds is 5. The van der Waals surface area contributed by atoms with Crippen molar-refractivity contribution in [3.05, 3.63) is 51.5 Å². The third-order valence-electron chi connectivity index (χ3n) is 9.93. The van der Waals surface area contributed by atoms with Crippen molar-refractivity contribution in [2.24, 2.45) is 23.5 Å². The van der Waals surface area contributed by atoms with Crippen molar-refractivity contribution >= 4 is 23.4 Å². The highest BCUT2D eigenvalue weighted by Crippen LogP contribution is 2.56. The summed E-state index contributed by atoms with van der Waals surface area (Å²) in [7, 11) is 2.90. The van der Waals surface area contributed by atoms with Gasteiger partial charge in [-0.1, -0.05) is 19.1 Å². The number of ketones is 2. The molecule has 0 bridgehead atoms. The van der Waals surface area contributed by atoms with Crippen LogP contribution < -0.4 is 5.73 Å². The van der Waals surface area contributed by atoms with Crippen LogP contribution in [0.5, 0.6) is 5.75 Å². The fraction of sp³-hybridized carbons (Fsp3) is 0.548. The van der Waals surface area contributed by atoms with Crippen LogP contribution >= 0.6 is 0 Å². The Kier molecular flexibility index (Phi) is 8.27. The predicted octanol–water partition coefficient (Wildman–Crippen LogP) is 2.00. The number of halogens is 3. The van der Waals surface area contributed by atoms with Gasteiger partial charge in [0, 0.05) is 30.5 Å². The number of hydrogen-bond acceptors (Lipinski definition) is 11. The van der Waals surface area contributed by atoms with E-state index in [1.807, 2.05) is 0 Å². The van der Waals surface area contributed by atoms with E-state index in [4.69, 9.17) is 10.5 Å². The summed E-state index contributed by atoms with van der Waals surface area (Å²) in [4.78, 5) is 55.8. The molecule has 250 valence electrons. The van der Waals surface area contributed by atoms with E-state index in [0.29, 0.717) is 5.56 Å². The highest BCUT2D eigenvalue weighted by molar-refractivity contribution is 6.25. The van der Waals surface area contributed by atoms with Crippen LogP contribution in [0, 0.1) is 17.8 Å². The second-order valence-corrected chi connectivity index (χ2v) is 12.8. The monoisotopic (exact) mass is 651 g/mol. The van der Waals surface area contributed by atoms with Crippen LogP contribution in [-0.2, 0) is 25.7 Å². The number of hydrogen-bond donors (Lipinski definition) is 5. The number of carbonyl (C=O) groups is 4. The van der Waals surface area contributed by atoms with Gasteiger partial charge in [0.1, 0.15) is 28.9 Å². The number of carbonyl (C=O) groups excluding carboxylic acids is 4. The van der Waals surface area contributed by atoms with Gasteiger partial charge in [0.05, 0.1) is 23.4 Å². The lowest BCUT2D eigenvalue weighted by atomic mass is 9.55. The maximum atomic E-state index is 14.2. The molecule has 0 radical (unpaired) electrons. The Morgan fingerprint density at radius 1 is 1.13 bits per heavy atom. The number of aromatic hydroxyl groups is 1. The molecule has 3 aliphatic carbocycles. The predicted molar refractivity (Wildman–Crippen MR) is 153 cm³/mol. The van der Waals surface area contributed by atoms with Gasteiger partial charge in [-0.3, -0.25) is 29.0 Å². The zero-order valence-electron chi connectivity index (χ0n) is 25.6. The molecule has 0 saturated carbocycles. The first-order valence-corrected chi connectivity index (χ1v) is 14.8. The van der Waals surface area contributed by atoms with Crippen LogP contribution in [0.15, 0.2) is 34.8 Å². The number of nitrogens with two attached hydrogens (primary N) is 1. The molecule has 6 atom stereocenters. The minimum atomic E-state index is -4.30. The van der Waals surface area contributed by atoms with Crippen LogP contribution in [0.1, 0.15) is 54.1 Å². The van der Waals surface area contributed by atoms with E-state index in [9.17, 15) is 52.8 Å². The normalized spacial score (nSPS) is 30.7. The molecule has 0 unspecified atom stereocenters. The molecule has 4 aliphatic rings. The van der Waals surface area contributed by atoms with Gasteiger partial charge in [-0.05, 0) is 51.5 Å². The quantitative estimate of drug-likeness (QED) is 0.231. The minimum Gasteiger partial charge on any atom is -0.510 e. The molecule has 1 saturated heterocycles. The molecule has 0 aromatic heterocycles. The summed E-state index contributed by atoms with van der Waals surface area (Å²) < 4.78 is 45.1. The lowest BCUT2D eigenvalue weighted by Crippen LogP contribution is -2.69. The van der Waals surface area contributed by atoms with Crippen molar-refractivity contribution in [3.8, 4) is 5.75 Å². The fourth-order valence-electron chi connectivity index (χ4n) is 7.76. The van der Waals surface area contributed by atoms with Crippen LogP contribution in [0.2, 0.25) is 0 Å². The summed E-state index contributed by atoms with van der Waals surface area (Å²) in [5.74, 6) is -12.2. The molecule has 12 nitrogen and oxygen atoms in total. The zero-order chi connectivity index (χ0) is 34.2. The van der Waals surface area contributed by atoms with Gasteiger partial charge in [0.15, 0.2) is 11.4 Å². The van der Waals surface area contributed by atoms with E-state index in [-0.39, 0.29) is 43.6 Å². The van der Waals surface area contributed by atoms with E-state index in [1.54, 1.807) is 24.0 Å². The number of aliphatic hydroxyl groups excluding tert-OH is 2. The number of likely N-dealkylation sites (N-methyl/N-ethyl adjacent to an activating group) is 1. The van der Waals surface area contributed by atoms with Crippen LogP contribution in [-0.4, -0.2) is 105 Å². The van der Waals surface area contributed by atoms with Crippen LogP contribution in [0.3, 0.4) is 0 Å². The number of likely N-dealkylation sites (tertiary alicyclic amines) is 1. The van der Waals surface area contributed by atoms with Crippen molar-refractivity contribution in [1.82, 2.24) is 9.80 Å². The molecule has 15 heteroatoms. The summed E-state index contributed by atoms with van der Waals surface area (Å²) in [6.07, 6.45) is -6.06. The largest absolute Gasteiger partial charge is 0.510 e. The maximum absolute atomic E-state index is 14.2. The number of nitrogens with zero attached hydrogens (tertiary/aromatic N) is 2. The third-order valence-corrected chi connectivity index (χ3v) is 9.93. The van der Waals surface area contributed by atoms with Gasteiger partial charge >= 0.3 is 12.1 Å². The third kappa shape index (κ3) is 4.95. The van der Waals surface area contributed by atoms with E-state index >= 15 is 0 Å². The number of piperidine rings is 1. The second kappa shape index (κ2) is 11.4. The Balaban J connectivity index is 1.64. The van der Waals surface area contributed by atoms with Crippen molar-refractivity contribution in [1.29, 1.82) is 0 Å². The Morgan fingerprint density at radius 3 is 2.26 bits per heavy atom. The van der Waals surface area contributed by atoms with Gasteiger partial charge in [0.2, 0.25) is 5.78 Å². The van der Waals surface area contributed by atoms with Gasteiger partial charge in [-0.2, -0.15) is 13.2 Å².